The molecule has 0 bridgehead atoms. The van der Waals surface area contributed by atoms with Crippen LogP contribution in [0.15, 0.2) is 42.5 Å². The highest BCUT2D eigenvalue weighted by Crippen LogP contribution is 2.32. The van der Waals surface area contributed by atoms with Crippen molar-refractivity contribution in [2.45, 2.75) is 6.42 Å². The molecule has 0 fully saturated rings. The van der Waals surface area contributed by atoms with Gasteiger partial charge in [-0.1, -0.05) is 17.7 Å². The first-order valence-electron chi connectivity index (χ1n) is 6.52. The van der Waals surface area contributed by atoms with E-state index in [4.69, 9.17) is 22.1 Å². The van der Waals surface area contributed by atoms with Gasteiger partial charge in [-0.25, -0.2) is 0 Å². The fourth-order valence-electron chi connectivity index (χ4n) is 2.09. The number of anilines is 2. The summed E-state index contributed by atoms with van der Waals surface area (Å²) in [6.07, 6.45) is 0.840. The molecule has 0 heterocycles. The molecule has 0 aliphatic heterocycles. The number of rotatable bonds is 5. The van der Waals surface area contributed by atoms with Crippen LogP contribution in [0.5, 0.6) is 5.75 Å². The van der Waals surface area contributed by atoms with E-state index < -0.39 is 0 Å². The maximum Gasteiger partial charge on any atom is 0.119 e. The third kappa shape index (κ3) is 3.24. The van der Waals surface area contributed by atoms with Crippen LogP contribution in [0, 0.1) is 0 Å². The van der Waals surface area contributed by atoms with Crippen molar-refractivity contribution in [3.05, 3.63) is 53.1 Å². The second kappa shape index (κ2) is 6.64. The van der Waals surface area contributed by atoms with Crippen LogP contribution in [-0.2, 0) is 6.42 Å². The normalized spacial score (nSPS) is 10.4. The Hall–Kier alpha value is -1.71. The molecule has 2 aromatic carbocycles. The summed E-state index contributed by atoms with van der Waals surface area (Å²) in [5, 5.41) is 0.731. The Morgan fingerprint density at radius 2 is 1.85 bits per heavy atom. The van der Waals surface area contributed by atoms with E-state index in [-0.39, 0.29) is 0 Å². The first kappa shape index (κ1) is 14.7. The standard InChI is InChI=1S/C16H19ClN2O/c1-19(13-4-6-14(20-2)7-5-13)16-8-3-12(9-10-18)11-15(16)17/h3-8,11H,9-10,18H2,1-2H3. The van der Waals surface area contributed by atoms with E-state index in [9.17, 15) is 0 Å². The van der Waals surface area contributed by atoms with Gasteiger partial charge in [0.25, 0.3) is 0 Å². The molecule has 3 nitrogen and oxygen atoms in total. The van der Waals surface area contributed by atoms with Gasteiger partial charge in [-0.3, -0.25) is 0 Å². The number of halogens is 1. The maximum absolute atomic E-state index is 6.36. The summed E-state index contributed by atoms with van der Waals surface area (Å²) < 4.78 is 5.16. The SMILES string of the molecule is COc1ccc(N(C)c2ccc(CCN)cc2Cl)cc1. The number of hydrogen-bond acceptors (Lipinski definition) is 3. The number of ether oxygens (including phenoxy) is 1. The van der Waals surface area contributed by atoms with Gasteiger partial charge in [0.05, 0.1) is 17.8 Å². The molecular formula is C16H19ClN2O. The van der Waals surface area contributed by atoms with Crippen LogP contribution < -0.4 is 15.4 Å². The minimum atomic E-state index is 0.629. The molecule has 2 N–H and O–H groups in total. The van der Waals surface area contributed by atoms with Gasteiger partial charge in [0.15, 0.2) is 0 Å². The van der Waals surface area contributed by atoms with Crippen molar-refractivity contribution < 1.29 is 4.74 Å². The Balaban J connectivity index is 2.25. The fourth-order valence-corrected chi connectivity index (χ4v) is 2.42. The van der Waals surface area contributed by atoms with Crippen LogP contribution in [0.25, 0.3) is 0 Å². The summed E-state index contributed by atoms with van der Waals surface area (Å²) in [5.74, 6) is 0.839. The molecule has 0 aromatic heterocycles. The zero-order valence-corrected chi connectivity index (χ0v) is 12.5. The summed E-state index contributed by atoms with van der Waals surface area (Å²) in [6, 6.07) is 13.9. The molecule has 0 aliphatic rings. The lowest BCUT2D eigenvalue weighted by molar-refractivity contribution is 0.415. The lowest BCUT2D eigenvalue weighted by Crippen LogP contribution is -2.10. The summed E-state index contributed by atoms with van der Waals surface area (Å²) in [6.45, 7) is 0.629. The molecule has 0 unspecified atom stereocenters. The van der Waals surface area contributed by atoms with Crippen molar-refractivity contribution in [1.29, 1.82) is 0 Å². The quantitative estimate of drug-likeness (QED) is 0.914. The average Bonchev–Trinajstić information content (AvgIpc) is 2.47. The van der Waals surface area contributed by atoms with Crippen molar-refractivity contribution in [3.63, 3.8) is 0 Å². The molecule has 4 heteroatoms. The van der Waals surface area contributed by atoms with Crippen LogP contribution in [-0.4, -0.2) is 20.7 Å². The summed E-state index contributed by atoms with van der Waals surface area (Å²) >= 11 is 6.36. The number of hydrogen-bond donors (Lipinski definition) is 1. The van der Waals surface area contributed by atoms with Gasteiger partial charge in [-0.15, -0.1) is 0 Å². The predicted octanol–water partition coefficient (Wildman–Crippen LogP) is 3.62. The topological polar surface area (TPSA) is 38.5 Å². The maximum atomic E-state index is 6.36. The van der Waals surface area contributed by atoms with E-state index >= 15 is 0 Å². The zero-order valence-electron chi connectivity index (χ0n) is 11.8. The molecule has 0 saturated heterocycles. The smallest absolute Gasteiger partial charge is 0.119 e. The monoisotopic (exact) mass is 290 g/mol. The lowest BCUT2D eigenvalue weighted by Gasteiger charge is -2.21. The van der Waals surface area contributed by atoms with E-state index in [0.29, 0.717) is 6.54 Å². The molecule has 0 aliphatic carbocycles. The van der Waals surface area contributed by atoms with Crippen LogP contribution in [0.2, 0.25) is 5.02 Å². The molecule has 0 amide bonds. The molecule has 0 radical (unpaired) electrons. The van der Waals surface area contributed by atoms with E-state index in [0.717, 1.165) is 34.1 Å². The Kier molecular flexibility index (Phi) is 4.88. The molecule has 0 saturated carbocycles. The second-order valence-electron chi connectivity index (χ2n) is 4.58. The van der Waals surface area contributed by atoms with Crippen LogP contribution in [0.3, 0.4) is 0 Å². The Labute approximate surface area is 124 Å². The largest absolute Gasteiger partial charge is 0.497 e. The minimum Gasteiger partial charge on any atom is -0.497 e. The highest BCUT2D eigenvalue weighted by Gasteiger charge is 2.09. The average molecular weight is 291 g/mol. The molecule has 106 valence electrons. The molecule has 0 spiro atoms. The van der Waals surface area contributed by atoms with E-state index in [1.165, 1.54) is 0 Å². The second-order valence-corrected chi connectivity index (χ2v) is 4.99. The van der Waals surface area contributed by atoms with Crippen molar-refractivity contribution in [3.8, 4) is 5.75 Å². The Morgan fingerprint density at radius 3 is 2.40 bits per heavy atom. The van der Waals surface area contributed by atoms with Gasteiger partial charge >= 0.3 is 0 Å². The lowest BCUT2D eigenvalue weighted by atomic mass is 10.1. The van der Waals surface area contributed by atoms with Gasteiger partial charge in [-0.05, 0) is 54.9 Å². The number of methoxy groups -OCH3 is 1. The molecule has 2 aromatic rings. The van der Waals surface area contributed by atoms with Gasteiger partial charge < -0.3 is 15.4 Å². The molecular weight excluding hydrogens is 272 g/mol. The summed E-state index contributed by atoms with van der Waals surface area (Å²) in [5.41, 5.74) is 8.74. The predicted molar refractivity (Wildman–Crippen MR) is 85.3 cm³/mol. The van der Waals surface area contributed by atoms with Crippen LogP contribution in [0.4, 0.5) is 11.4 Å². The minimum absolute atomic E-state index is 0.629. The molecule has 20 heavy (non-hydrogen) atoms. The molecule has 0 atom stereocenters. The van der Waals surface area contributed by atoms with Crippen molar-refractivity contribution >= 4 is 23.0 Å². The Bertz CT molecular complexity index is 569. The van der Waals surface area contributed by atoms with Crippen LogP contribution in [0.1, 0.15) is 5.56 Å². The first-order chi connectivity index (χ1) is 9.65. The zero-order chi connectivity index (χ0) is 14.5. The van der Waals surface area contributed by atoms with Gasteiger partial charge in [0, 0.05) is 12.7 Å². The number of nitrogens with zero attached hydrogens (tertiary/aromatic N) is 1. The summed E-state index contributed by atoms with van der Waals surface area (Å²) in [7, 11) is 3.65. The Morgan fingerprint density at radius 1 is 1.15 bits per heavy atom. The van der Waals surface area contributed by atoms with Crippen molar-refractivity contribution in [1.82, 2.24) is 0 Å². The van der Waals surface area contributed by atoms with Crippen LogP contribution >= 0.6 is 11.6 Å². The van der Waals surface area contributed by atoms with Gasteiger partial charge in [0.1, 0.15) is 5.75 Å². The van der Waals surface area contributed by atoms with Crippen molar-refractivity contribution in [2.75, 3.05) is 25.6 Å². The van der Waals surface area contributed by atoms with E-state index in [1.54, 1.807) is 7.11 Å². The highest BCUT2D eigenvalue weighted by molar-refractivity contribution is 6.33. The first-order valence-corrected chi connectivity index (χ1v) is 6.89. The van der Waals surface area contributed by atoms with Crippen molar-refractivity contribution in [2.24, 2.45) is 5.73 Å². The fraction of sp³-hybridized carbons (Fsp3) is 0.250. The third-order valence-electron chi connectivity index (χ3n) is 3.27. The molecule has 2 rings (SSSR count). The number of nitrogens with two attached hydrogens (primary N) is 1. The summed E-state index contributed by atoms with van der Waals surface area (Å²) in [4.78, 5) is 2.05. The van der Waals surface area contributed by atoms with Gasteiger partial charge in [-0.2, -0.15) is 0 Å². The highest BCUT2D eigenvalue weighted by atomic mass is 35.5. The number of benzene rings is 2. The third-order valence-corrected chi connectivity index (χ3v) is 3.57. The van der Waals surface area contributed by atoms with E-state index in [1.807, 2.05) is 48.3 Å². The van der Waals surface area contributed by atoms with Gasteiger partial charge in [0.2, 0.25) is 0 Å². The van der Waals surface area contributed by atoms with E-state index in [2.05, 4.69) is 6.07 Å².